The van der Waals surface area contributed by atoms with Crippen molar-refractivity contribution in [2.75, 3.05) is 6.54 Å². The van der Waals surface area contributed by atoms with Gasteiger partial charge in [-0.1, -0.05) is 32.4 Å². The first kappa shape index (κ1) is 14.9. The second-order valence-corrected chi connectivity index (χ2v) is 4.93. The molecule has 1 rings (SSSR count). The fraction of sp³-hybridized carbons (Fsp3) is 0.583. The van der Waals surface area contributed by atoms with E-state index in [4.69, 9.17) is 11.6 Å². The summed E-state index contributed by atoms with van der Waals surface area (Å²) >= 11 is 5.74. The van der Waals surface area contributed by atoms with E-state index in [0.29, 0.717) is 18.0 Å². The molecular formula is C12H18ClN3O2. The van der Waals surface area contributed by atoms with Crippen molar-refractivity contribution >= 4 is 17.3 Å². The molecule has 0 saturated carbocycles. The van der Waals surface area contributed by atoms with E-state index < -0.39 is 4.92 Å². The Hall–Kier alpha value is -1.20. The number of aromatic nitrogens is 1. The fourth-order valence-corrected chi connectivity index (χ4v) is 1.94. The third kappa shape index (κ3) is 3.92. The van der Waals surface area contributed by atoms with E-state index in [0.717, 1.165) is 6.54 Å². The first-order valence-corrected chi connectivity index (χ1v) is 6.35. The molecule has 1 aromatic rings. The Balaban J connectivity index is 2.98. The third-order valence-electron chi connectivity index (χ3n) is 2.80. The molecule has 1 N–H and O–H groups in total. The third-order valence-corrected chi connectivity index (χ3v) is 3.00. The minimum Gasteiger partial charge on any atom is -0.314 e. The molecule has 0 saturated heterocycles. The molecule has 1 aromatic heterocycles. The molecule has 0 spiro atoms. The van der Waals surface area contributed by atoms with E-state index in [1.54, 1.807) is 0 Å². The van der Waals surface area contributed by atoms with Crippen LogP contribution in [0.25, 0.3) is 0 Å². The highest BCUT2D eigenvalue weighted by Crippen LogP contribution is 2.23. The first-order valence-electron chi connectivity index (χ1n) is 5.97. The Bertz CT molecular complexity index is 424. The van der Waals surface area contributed by atoms with Crippen molar-refractivity contribution in [3.05, 3.63) is 33.1 Å². The lowest BCUT2D eigenvalue weighted by molar-refractivity contribution is -0.386. The van der Waals surface area contributed by atoms with E-state index in [-0.39, 0.29) is 16.8 Å². The van der Waals surface area contributed by atoms with Gasteiger partial charge in [0.05, 0.1) is 9.95 Å². The van der Waals surface area contributed by atoms with E-state index in [9.17, 15) is 10.1 Å². The molecule has 0 radical (unpaired) electrons. The summed E-state index contributed by atoms with van der Waals surface area (Å²) in [4.78, 5) is 14.6. The van der Waals surface area contributed by atoms with Crippen LogP contribution < -0.4 is 5.32 Å². The lowest BCUT2D eigenvalue weighted by Crippen LogP contribution is -2.36. The van der Waals surface area contributed by atoms with Crippen LogP contribution in [0.1, 0.15) is 26.5 Å². The van der Waals surface area contributed by atoms with Gasteiger partial charge in [0.2, 0.25) is 0 Å². The largest absolute Gasteiger partial charge is 0.314 e. The van der Waals surface area contributed by atoms with E-state index >= 15 is 0 Å². The molecule has 0 bridgehead atoms. The van der Waals surface area contributed by atoms with Crippen molar-refractivity contribution in [1.82, 2.24) is 10.3 Å². The highest BCUT2D eigenvalue weighted by atomic mass is 35.5. The van der Waals surface area contributed by atoms with Gasteiger partial charge >= 0.3 is 0 Å². The molecule has 18 heavy (non-hydrogen) atoms. The smallest absolute Gasteiger partial charge is 0.292 e. The van der Waals surface area contributed by atoms with Gasteiger partial charge in [-0.15, -0.1) is 0 Å². The van der Waals surface area contributed by atoms with Crippen LogP contribution in [0.5, 0.6) is 0 Å². The maximum atomic E-state index is 11.0. The predicted molar refractivity (Wildman–Crippen MR) is 71.9 cm³/mol. The van der Waals surface area contributed by atoms with Gasteiger partial charge in [-0.2, -0.15) is 0 Å². The zero-order valence-electron chi connectivity index (χ0n) is 10.8. The second kappa shape index (κ2) is 6.66. The van der Waals surface area contributed by atoms with Crippen LogP contribution in [0.15, 0.2) is 12.3 Å². The Kier molecular flexibility index (Phi) is 5.50. The summed E-state index contributed by atoms with van der Waals surface area (Å²) in [7, 11) is 0. The monoisotopic (exact) mass is 271 g/mol. The quantitative estimate of drug-likeness (QED) is 0.638. The minimum absolute atomic E-state index is 0.00828. The van der Waals surface area contributed by atoms with Crippen molar-refractivity contribution in [2.45, 2.75) is 33.2 Å². The lowest BCUT2D eigenvalue weighted by Gasteiger charge is -2.21. The number of nitrogens with one attached hydrogen (secondary N) is 1. The van der Waals surface area contributed by atoms with Gasteiger partial charge in [0, 0.05) is 24.7 Å². The highest BCUT2D eigenvalue weighted by molar-refractivity contribution is 6.30. The SMILES string of the molecule is CCNC(Cc1ncc(Cl)cc1[N+](=O)[O-])C(C)C. The zero-order chi connectivity index (χ0) is 13.7. The van der Waals surface area contributed by atoms with E-state index in [1.165, 1.54) is 12.3 Å². The molecular weight excluding hydrogens is 254 g/mol. The summed E-state index contributed by atoms with van der Waals surface area (Å²) in [6.07, 6.45) is 1.98. The Morgan fingerprint density at radius 3 is 2.72 bits per heavy atom. The predicted octanol–water partition coefficient (Wildman–Crippen LogP) is 2.82. The maximum Gasteiger partial charge on any atom is 0.292 e. The van der Waals surface area contributed by atoms with Crippen LogP contribution in [0, 0.1) is 16.0 Å². The molecule has 0 amide bonds. The van der Waals surface area contributed by atoms with Crippen molar-refractivity contribution in [3.63, 3.8) is 0 Å². The normalized spacial score (nSPS) is 12.7. The Morgan fingerprint density at radius 1 is 1.56 bits per heavy atom. The van der Waals surface area contributed by atoms with Crippen molar-refractivity contribution < 1.29 is 4.92 Å². The molecule has 1 heterocycles. The summed E-state index contributed by atoms with van der Waals surface area (Å²) in [5, 5.41) is 14.6. The molecule has 0 aliphatic heterocycles. The number of rotatable bonds is 6. The molecule has 0 aliphatic rings. The van der Waals surface area contributed by atoms with Crippen molar-refractivity contribution in [1.29, 1.82) is 0 Å². The summed E-state index contributed by atoms with van der Waals surface area (Å²) in [5.41, 5.74) is 0.468. The molecule has 0 fully saturated rings. The summed E-state index contributed by atoms with van der Waals surface area (Å²) in [6.45, 7) is 6.99. The van der Waals surface area contributed by atoms with Gasteiger partial charge in [0.25, 0.3) is 5.69 Å². The van der Waals surface area contributed by atoms with Crippen molar-refractivity contribution in [2.24, 2.45) is 5.92 Å². The molecule has 1 atom stereocenters. The number of hydrogen-bond acceptors (Lipinski definition) is 4. The molecule has 1 unspecified atom stereocenters. The van der Waals surface area contributed by atoms with Gasteiger partial charge in [-0.25, -0.2) is 0 Å². The molecule has 0 aromatic carbocycles. The fourth-order valence-electron chi connectivity index (χ4n) is 1.79. The van der Waals surface area contributed by atoms with E-state index in [1.807, 2.05) is 6.92 Å². The number of halogens is 1. The van der Waals surface area contributed by atoms with Gasteiger partial charge < -0.3 is 5.32 Å². The van der Waals surface area contributed by atoms with E-state index in [2.05, 4.69) is 24.1 Å². The highest BCUT2D eigenvalue weighted by Gasteiger charge is 2.21. The topological polar surface area (TPSA) is 68.1 Å². The Labute approximate surface area is 112 Å². The van der Waals surface area contributed by atoms with Crippen molar-refractivity contribution in [3.8, 4) is 0 Å². The van der Waals surface area contributed by atoms with Gasteiger partial charge in [-0.3, -0.25) is 15.1 Å². The van der Waals surface area contributed by atoms with Crippen LogP contribution in [0.2, 0.25) is 5.02 Å². The number of pyridine rings is 1. The van der Waals surface area contributed by atoms with Gasteiger partial charge in [0.15, 0.2) is 0 Å². The average Bonchev–Trinajstić information content (AvgIpc) is 2.30. The summed E-state index contributed by atoms with van der Waals surface area (Å²) < 4.78 is 0. The number of likely N-dealkylation sites (N-methyl/N-ethyl adjacent to an activating group) is 1. The zero-order valence-corrected chi connectivity index (χ0v) is 11.6. The minimum atomic E-state index is -0.433. The summed E-state index contributed by atoms with van der Waals surface area (Å²) in [6, 6.07) is 1.52. The number of nitrogens with zero attached hydrogens (tertiary/aromatic N) is 2. The lowest BCUT2D eigenvalue weighted by atomic mass is 9.98. The van der Waals surface area contributed by atoms with Crippen LogP contribution in [0.4, 0.5) is 5.69 Å². The summed E-state index contributed by atoms with van der Waals surface area (Å²) in [5.74, 6) is 0.377. The number of hydrogen-bond donors (Lipinski definition) is 1. The number of nitro groups is 1. The van der Waals surface area contributed by atoms with Gasteiger partial charge in [0.1, 0.15) is 5.69 Å². The molecule has 0 aliphatic carbocycles. The average molecular weight is 272 g/mol. The van der Waals surface area contributed by atoms with Crippen LogP contribution in [-0.2, 0) is 6.42 Å². The van der Waals surface area contributed by atoms with Crippen LogP contribution in [0.3, 0.4) is 0 Å². The van der Waals surface area contributed by atoms with Gasteiger partial charge in [-0.05, 0) is 12.5 Å². The second-order valence-electron chi connectivity index (χ2n) is 4.49. The van der Waals surface area contributed by atoms with Crippen LogP contribution >= 0.6 is 11.6 Å². The molecule has 100 valence electrons. The molecule has 5 nitrogen and oxygen atoms in total. The van der Waals surface area contributed by atoms with Crippen LogP contribution in [-0.4, -0.2) is 22.5 Å². The maximum absolute atomic E-state index is 11.0. The standard InChI is InChI=1S/C12H18ClN3O2/c1-4-14-10(8(2)3)6-11-12(16(17)18)5-9(13)7-15-11/h5,7-8,10,14H,4,6H2,1-3H3. The Morgan fingerprint density at radius 2 is 2.22 bits per heavy atom. The first-order chi connectivity index (χ1) is 8.45. The molecule has 6 heteroatoms.